The van der Waals surface area contributed by atoms with Crippen molar-refractivity contribution in [2.24, 2.45) is 0 Å². The number of carboxylic acids is 1. The molecule has 0 amide bonds. The van der Waals surface area contributed by atoms with Crippen LogP contribution in [0.15, 0.2) is 0 Å². The summed E-state index contributed by atoms with van der Waals surface area (Å²) >= 11 is 1.29. The van der Waals surface area contributed by atoms with Crippen LogP contribution in [0.3, 0.4) is 0 Å². The first-order valence-corrected chi connectivity index (χ1v) is 7.28. The summed E-state index contributed by atoms with van der Waals surface area (Å²) in [5.41, 5.74) is 0.730. The van der Waals surface area contributed by atoms with E-state index in [1.807, 2.05) is 18.9 Å². The lowest BCUT2D eigenvalue weighted by molar-refractivity contribution is 0.0700. The molecular weight excluding hydrogens is 248 g/mol. The Kier molecular flexibility index (Phi) is 5.59. The Balaban J connectivity index is 2.98. The molecule has 1 aromatic heterocycles. The van der Waals surface area contributed by atoms with Crippen LogP contribution in [0.1, 0.15) is 61.3 Å². The van der Waals surface area contributed by atoms with Crippen molar-refractivity contribution >= 4 is 22.4 Å². The van der Waals surface area contributed by atoms with Gasteiger partial charge in [-0.05, 0) is 18.8 Å². The lowest BCUT2D eigenvalue weighted by Gasteiger charge is -2.14. The average Bonchev–Trinajstić information content (AvgIpc) is 2.80. The molecule has 1 heterocycles. The van der Waals surface area contributed by atoms with Crippen molar-refractivity contribution < 1.29 is 9.90 Å². The number of carboxylic acid groups (broad SMARTS) is 1. The van der Waals surface area contributed by atoms with Crippen LogP contribution in [0.5, 0.6) is 0 Å². The van der Waals surface area contributed by atoms with Gasteiger partial charge in [-0.2, -0.15) is 0 Å². The fourth-order valence-electron chi connectivity index (χ4n) is 1.65. The summed E-state index contributed by atoms with van der Waals surface area (Å²) in [5.74, 6) is -0.668. The first-order chi connectivity index (χ1) is 8.51. The Labute approximate surface area is 113 Å². The molecule has 1 aromatic rings. The molecule has 0 spiro atoms. The highest BCUT2D eigenvalue weighted by Gasteiger charge is 2.22. The SMILES string of the molecule is CCCCN(C)c1nc(C(C)CC)c(C(=O)O)s1. The van der Waals surface area contributed by atoms with Crippen molar-refractivity contribution in [3.63, 3.8) is 0 Å². The molecule has 1 atom stereocenters. The van der Waals surface area contributed by atoms with E-state index in [0.29, 0.717) is 4.88 Å². The maximum Gasteiger partial charge on any atom is 0.347 e. The Morgan fingerprint density at radius 1 is 1.50 bits per heavy atom. The Bertz CT molecular complexity index is 404. The molecule has 1 unspecified atom stereocenters. The van der Waals surface area contributed by atoms with Crippen LogP contribution in [0.2, 0.25) is 0 Å². The van der Waals surface area contributed by atoms with Gasteiger partial charge in [-0.25, -0.2) is 9.78 Å². The molecular formula is C13H22N2O2S. The van der Waals surface area contributed by atoms with Crippen LogP contribution in [0.25, 0.3) is 0 Å². The second-order valence-electron chi connectivity index (χ2n) is 4.60. The third-order valence-corrected chi connectivity index (χ3v) is 4.26. The normalized spacial score (nSPS) is 12.4. The van der Waals surface area contributed by atoms with Gasteiger partial charge in [0.2, 0.25) is 0 Å². The fourth-order valence-corrected chi connectivity index (χ4v) is 2.67. The maximum absolute atomic E-state index is 11.2. The van der Waals surface area contributed by atoms with Crippen LogP contribution < -0.4 is 4.90 Å². The number of anilines is 1. The van der Waals surface area contributed by atoms with E-state index in [1.165, 1.54) is 11.3 Å². The number of unbranched alkanes of at least 4 members (excludes halogenated alkanes) is 1. The highest BCUT2D eigenvalue weighted by atomic mass is 32.1. The van der Waals surface area contributed by atoms with Crippen molar-refractivity contribution in [2.45, 2.75) is 46.0 Å². The minimum Gasteiger partial charge on any atom is -0.477 e. The second-order valence-corrected chi connectivity index (χ2v) is 5.58. The van der Waals surface area contributed by atoms with Crippen LogP contribution >= 0.6 is 11.3 Å². The maximum atomic E-state index is 11.2. The van der Waals surface area contributed by atoms with Gasteiger partial charge in [0.25, 0.3) is 0 Å². The standard InChI is InChI=1S/C13H22N2O2S/c1-5-7-8-15(4)13-14-10(9(3)6-2)11(18-13)12(16)17/h9H,5-8H2,1-4H3,(H,16,17). The molecule has 0 fully saturated rings. The minimum absolute atomic E-state index is 0.195. The molecule has 1 rings (SSSR count). The number of aromatic nitrogens is 1. The molecule has 1 N–H and O–H groups in total. The molecule has 0 radical (unpaired) electrons. The van der Waals surface area contributed by atoms with Crippen LogP contribution in [-0.2, 0) is 0 Å². The van der Waals surface area contributed by atoms with E-state index in [2.05, 4.69) is 18.8 Å². The second kappa shape index (κ2) is 6.73. The topological polar surface area (TPSA) is 53.4 Å². The van der Waals surface area contributed by atoms with Crippen molar-refractivity contribution in [1.82, 2.24) is 4.98 Å². The highest BCUT2D eigenvalue weighted by molar-refractivity contribution is 7.17. The van der Waals surface area contributed by atoms with Gasteiger partial charge in [0.05, 0.1) is 5.69 Å². The number of hydrogen-bond donors (Lipinski definition) is 1. The van der Waals surface area contributed by atoms with E-state index in [-0.39, 0.29) is 5.92 Å². The van der Waals surface area contributed by atoms with Gasteiger partial charge in [0.1, 0.15) is 4.88 Å². The van der Waals surface area contributed by atoms with Gasteiger partial charge < -0.3 is 10.0 Å². The van der Waals surface area contributed by atoms with Gasteiger partial charge in [0, 0.05) is 13.6 Å². The zero-order chi connectivity index (χ0) is 13.7. The molecule has 102 valence electrons. The minimum atomic E-state index is -0.863. The molecule has 18 heavy (non-hydrogen) atoms. The number of thiazole rings is 1. The summed E-state index contributed by atoms with van der Waals surface area (Å²) in [7, 11) is 1.97. The number of aromatic carboxylic acids is 1. The summed E-state index contributed by atoms with van der Waals surface area (Å²) in [4.78, 5) is 18.2. The fraction of sp³-hybridized carbons (Fsp3) is 0.692. The number of carbonyl (C=O) groups is 1. The molecule has 4 nitrogen and oxygen atoms in total. The largest absolute Gasteiger partial charge is 0.477 e. The number of rotatable bonds is 7. The number of nitrogens with zero attached hydrogens (tertiary/aromatic N) is 2. The van der Waals surface area contributed by atoms with Gasteiger partial charge in [-0.15, -0.1) is 0 Å². The van der Waals surface area contributed by atoms with E-state index in [1.54, 1.807) is 0 Å². The molecule has 0 aliphatic heterocycles. The average molecular weight is 270 g/mol. The quantitative estimate of drug-likeness (QED) is 0.822. The van der Waals surface area contributed by atoms with E-state index in [0.717, 1.165) is 36.6 Å². The smallest absolute Gasteiger partial charge is 0.347 e. The van der Waals surface area contributed by atoms with Crippen LogP contribution in [-0.4, -0.2) is 29.7 Å². The van der Waals surface area contributed by atoms with Gasteiger partial charge in [0.15, 0.2) is 5.13 Å². The predicted octanol–water partition coefficient (Wildman–Crippen LogP) is 3.59. The first kappa shape index (κ1) is 15.0. The van der Waals surface area contributed by atoms with Crippen molar-refractivity contribution in [3.8, 4) is 0 Å². The van der Waals surface area contributed by atoms with Crippen molar-refractivity contribution in [2.75, 3.05) is 18.5 Å². The van der Waals surface area contributed by atoms with Crippen molar-refractivity contribution in [1.29, 1.82) is 0 Å². The highest BCUT2D eigenvalue weighted by Crippen LogP contribution is 2.31. The van der Waals surface area contributed by atoms with E-state index in [4.69, 9.17) is 0 Å². The Morgan fingerprint density at radius 2 is 2.17 bits per heavy atom. The van der Waals surface area contributed by atoms with Crippen LogP contribution in [0.4, 0.5) is 5.13 Å². The zero-order valence-corrected chi connectivity index (χ0v) is 12.4. The van der Waals surface area contributed by atoms with Gasteiger partial charge in [-0.3, -0.25) is 0 Å². The molecule has 0 aliphatic carbocycles. The Hall–Kier alpha value is -1.10. The molecule has 0 aliphatic rings. The Morgan fingerprint density at radius 3 is 2.67 bits per heavy atom. The molecule has 0 aromatic carbocycles. The summed E-state index contributed by atoms with van der Waals surface area (Å²) in [6.45, 7) is 7.14. The molecule has 0 bridgehead atoms. The summed E-state index contributed by atoms with van der Waals surface area (Å²) < 4.78 is 0. The lowest BCUT2D eigenvalue weighted by Crippen LogP contribution is -2.18. The lowest BCUT2D eigenvalue weighted by atomic mass is 10.0. The summed E-state index contributed by atoms with van der Waals surface area (Å²) in [6, 6.07) is 0. The number of hydrogen-bond acceptors (Lipinski definition) is 4. The first-order valence-electron chi connectivity index (χ1n) is 6.46. The monoisotopic (exact) mass is 270 g/mol. The van der Waals surface area contributed by atoms with Gasteiger partial charge >= 0.3 is 5.97 Å². The molecule has 0 saturated carbocycles. The van der Waals surface area contributed by atoms with E-state index < -0.39 is 5.97 Å². The van der Waals surface area contributed by atoms with E-state index in [9.17, 15) is 9.90 Å². The summed E-state index contributed by atoms with van der Waals surface area (Å²) in [5, 5.41) is 10.0. The summed E-state index contributed by atoms with van der Waals surface area (Å²) in [6.07, 6.45) is 3.12. The third kappa shape index (κ3) is 3.45. The van der Waals surface area contributed by atoms with Crippen LogP contribution in [0, 0.1) is 0 Å². The zero-order valence-electron chi connectivity index (χ0n) is 11.6. The third-order valence-electron chi connectivity index (χ3n) is 3.09. The molecule has 0 saturated heterocycles. The van der Waals surface area contributed by atoms with Gasteiger partial charge in [-0.1, -0.05) is 38.5 Å². The van der Waals surface area contributed by atoms with Crippen molar-refractivity contribution in [3.05, 3.63) is 10.6 Å². The molecule has 5 heteroatoms. The van der Waals surface area contributed by atoms with E-state index >= 15 is 0 Å². The predicted molar refractivity (Wildman–Crippen MR) is 76.0 cm³/mol.